The van der Waals surface area contributed by atoms with E-state index < -0.39 is 13.7 Å². The molecule has 0 bridgehead atoms. The molecular formula is C48H61NO3Si. The molecule has 4 nitrogen and oxygen atoms in total. The largest absolute Gasteiger partial charge is 0.359 e. The Kier molecular flexibility index (Phi) is 15.5. The van der Waals surface area contributed by atoms with Crippen molar-refractivity contribution in [2.75, 3.05) is 6.61 Å². The molecular weight excluding hydrogens is 667 g/mol. The molecule has 0 spiro atoms. The normalized spacial score (nSPS) is 15.6. The molecule has 1 saturated heterocycles. The van der Waals surface area contributed by atoms with Gasteiger partial charge in [-0.3, -0.25) is 14.5 Å². The Morgan fingerprint density at radius 3 is 1.72 bits per heavy atom. The molecule has 2 amide bonds. The summed E-state index contributed by atoms with van der Waals surface area (Å²) >= 11 is 0. The summed E-state index contributed by atoms with van der Waals surface area (Å²) in [6.45, 7) is 7.24. The van der Waals surface area contributed by atoms with Crippen molar-refractivity contribution in [3.8, 4) is 0 Å². The van der Waals surface area contributed by atoms with E-state index >= 15 is 0 Å². The van der Waals surface area contributed by atoms with Crippen molar-refractivity contribution in [3.63, 3.8) is 0 Å². The van der Waals surface area contributed by atoms with Crippen LogP contribution in [-0.4, -0.2) is 37.4 Å². The first-order valence-electron chi connectivity index (χ1n) is 20.3. The maximum absolute atomic E-state index is 14.4. The number of amides is 2. The molecule has 0 unspecified atom stereocenters. The molecule has 5 heteroatoms. The molecule has 0 saturated carbocycles. The lowest BCUT2D eigenvalue weighted by molar-refractivity contribution is -0.145. The number of unbranched alkanes of at least 4 members (excludes halogenated alkanes) is 9. The number of nitrogens with zero attached hydrogens (tertiary/aromatic N) is 1. The summed E-state index contributed by atoms with van der Waals surface area (Å²) in [5.74, 6) is -0.176. The number of likely N-dealkylation sites (tertiary alicyclic amines) is 1. The number of allylic oxidation sites excluding steroid dienone is 2. The van der Waals surface area contributed by atoms with Crippen LogP contribution < -0.4 is 5.19 Å². The molecule has 1 aliphatic heterocycles. The van der Waals surface area contributed by atoms with Crippen molar-refractivity contribution in [1.29, 1.82) is 0 Å². The van der Waals surface area contributed by atoms with Gasteiger partial charge in [-0.15, -0.1) is 0 Å². The van der Waals surface area contributed by atoms with Crippen LogP contribution in [0.15, 0.2) is 133 Å². The molecule has 1 heterocycles. The second kappa shape index (κ2) is 20.4. The van der Waals surface area contributed by atoms with Crippen molar-refractivity contribution in [3.05, 3.63) is 150 Å². The van der Waals surface area contributed by atoms with E-state index in [0.29, 0.717) is 19.3 Å². The van der Waals surface area contributed by atoms with Crippen LogP contribution in [0.25, 0.3) is 0 Å². The van der Waals surface area contributed by atoms with Gasteiger partial charge < -0.3 is 4.74 Å². The Hall–Kier alpha value is -4.06. The van der Waals surface area contributed by atoms with Crippen LogP contribution in [0, 0.1) is 0 Å². The Labute approximate surface area is 320 Å². The monoisotopic (exact) mass is 727 g/mol. The van der Waals surface area contributed by atoms with Crippen LogP contribution in [0.5, 0.6) is 0 Å². The van der Waals surface area contributed by atoms with Crippen LogP contribution in [-0.2, 0) is 19.9 Å². The van der Waals surface area contributed by atoms with Crippen LogP contribution in [0.3, 0.4) is 0 Å². The lowest BCUT2D eigenvalue weighted by Crippen LogP contribution is -2.49. The van der Waals surface area contributed by atoms with Crippen molar-refractivity contribution >= 4 is 25.1 Å². The third kappa shape index (κ3) is 10.5. The van der Waals surface area contributed by atoms with Gasteiger partial charge in [0.25, 0.3) is 0 Å². The lowest BCUT2D eigenvalue weighted by atomic mass is 9.80. The summed E-state index contributed by atoms with van der Waals surface area (Å²) in [6, 6.07) is 41.2. The van der Waals surface area contributed by atoms with E-state index in [9.17, 15) is 9.59 Å². The number of carbonyl (C=O) groups is 2. The Bertz CT molecular complexity index is 1590. The second-order valence-electron chi connectivity index (χ2n) is 15.4. The quantitative estimate of drug-likeness (QED) is 0.0372. The summed E-state index contributed by atoms with van der Waals surface area (Å²) in [4.78, 5) is 29.6. The van der Waals surface area contributed by atoms with Gasteiger partial charge in [-0.2, -0.15) is 0 Å². The van der Waals surface area contributed by atoms with Crippen LogP contribution in [0.1, 0.15) is 107 Å². The summed E-state index contributed by atoms with van der Waals surface area (Å²) in [7, 11) is -2.12. The van der Waals surface area contributed by atoms with Gasteiger partial charge in [-0.1, -0.05) is 210 Å². The smallest absolute Gasteiger partial charge is 0.229 e. The van der Waals surface area contributed by atoms with E-state index in [1.54, 1.807) is 4.90 Å². The zero-order valence-corrected chi connectivity index (χ0v) is 33.4. The zero-order chi connectivity index (χ0) is 37.4. The third-order valence-corrected chi connectivity index (χ3v) is 15.4. The molecule has 280 valence electrons. The van der Waals surface area contributed by atoms with Gasteiger partial charge >= 0.3 is 0 Å². The van der Waals surface area contributed by atoms with E-state index in [0.717, 1.165) is 23.1 Å². The molecule has 0 aromatic heterocycles. The van der Waals surface area contributed by atoms with E-state index in [1.165, 1.54) is 63.0 Å². The molecule has 53 heavy (non-hydrogen) atoms. The van der Waals surface area contributed by atoms with E-state index in [1.807, 2.05) is 54.6 Å². The highest BCUT2D eigenvalue weighted by molar-refractivity contribution is 6.91. The number of benzene rings is 4. The maximum Gasteiger partial charge on any atom is 0.229 e. The Morgan fingerprint density at radius 2 is 1.21 bits per heavy atom. The molecule has 2 atom stereocenters. The van der Waals surface area contributed by atoms with Crippen LogP contribution in [0.4, 0.5) is 0 Å². The first-order chi connectivity index (χ1) is 25.9. The number of ether oxygens (including phenoxy) is 1. The fourth-order valence-electron chi connectivity index (χ4n) is 8.00. The second-order valence-corrected chi connectivity index (χ2v) is 20.1. The average molecular weight is 728 g/mol. The Balaban J connectivity index is 1.33. The standard InChI is InChI=1S/C48H61NO3Si/c1-4-5-6-7-8-9-10-11-12-13-24-35-45(53(2,3)44-33-25-17-26-34-44)38-47(51)49-43(36-37-46(49)50)39-52-48(40-27-18-14-19-28-40,41-29-20-15-21-30-41)42-31-22-16-23-32-42/h14-35,43,45H,4-13,36-39H2,1-3H3/b35-24-/t43-,45+/m0/s1. The highest BCUT2D eigenvalue weighted by atomic mass is 28.3. The third-order valence-electron chi connectivity index (χ3n) is 11.3. The molecule has 5 rings (SSSR count). The fourth-order valence-corrected chi connectivity index (χ4v) is 10.8. The van der Waals surface area contributed by atoms with Gasteiger partial charge in [0.2, 0.25) is 11.8 Å². The first kappa shape index (κ1) is 40.1. The molecule has 1 fully saturated rings. The van der Waals surface area contributed by atoms with Gasteiger partial charge in [0.05, 0.1) is 20.7 Å². The lowest BCUT2D eigenvalue weighted by Gasteiger charge is -2.38. The maximum atomic E-state index is 14.4. The molecule has 4 aromatic carbocycles. The summed E-state index contributed by atoms with van der Waals surface area (Å²) < 4.78 is 7.13. The minimum atomic E-state index is -2.12. The predicted octanol–water partition coefficient (Wildman–Crippen LogP) is 11.4. The van der Waals surface area contributed by atoms with E-state index in [4.69, 9.17) is 4.74 Å². The predicted molar refractivity (Wildman–Crippen MR) is 223 cm³/mol. The van der Waals surface area contributed by atoms with Crippen molar-refractivity contribution in [2.45, 2.75) is 121 Å². The van der Waals surface area contributed by atoms with Crippen molar-refractivity contribution in [1.82, 2.24) is 4.90 Å². The molecule has 0 aliphatic carbocycles. The van der Waals surface area contributed by atoms with Crippen molar-refractivity contribution in [2.24, 2.45) is 0 Å². The average Bonchev–Trinajstić information content (AvgIpc) is 3.58. The minimum Gasteiger partial charge on any atom is -0.359 e. The number of hydrogen-bond donors (Lipinski definition) is 0. The van der Waals surface area contributed by atoms with E-state index in [2.05, 4.69) is 98.9 Å². The number of hydrogen-bond acceptors (Lipinski definition) is 3. The molecule has 0 radical (unpaired) electrons. The summed E-state index contributed by atoms with van der Waals surface area (Å²) in [5, 5.41) is 1.33. The number of carbonyl (C=O) groups excluding carboxylic acids is 2. The van der Waals surface area contributed by atoms with Gasteiger partial charge in [0.15, 0.2) is 0 Å². The highest BCUT2D eigenvalue weighted by Gasteiger charge is 2.43. The SMILES string of the molecule is CCCCCCCCCCC/C=C\[C@H](CC(=O)N1C(=O)CC[C@H]1COC(c1ccccc1)(c1ccccc1)c1ccccc1)[Si](C)(C)c1ccccc1. The molecule has 4 aromatic rings. The topological polar surface area (TPSA) is 46.6 Å². The van der Waals surface area contributed by atoms with Gasteiger partial charge in [-0.05, 0) is 41.5 Å². The fraction of sp³-hybridized carbons (Fsp3) is 0.417. The highest BCUT2D eigenvalue weighted by Crippen LogP contribution is 2.41. The Morgan fingerprint density at radius 1 is 0.736 bits per heavy atom. The van der Waals surface area contributed by atoms with Gasteiger partial charge in [0, 0.05) is 12.8 Å². The minimum absolute atomic E-state index is 0.0722. The van der Waals surface area contributed by atoms with E-state index in [-0.39, 0.29) is 30.0 Å². The number of imide groups is 1. The molecule has 1 aliphatic rings. The first-order valence-corrected chi connectivity index (χ1v) is 23.3. The zero-order valence-electron chi connectivity index (χ0n) is 32.4. The molecule has 0 N–H and O–H groups in total. The van der Waals surface area contributed by atoms with Gasteiger partial charge in [0.1, 0.15) is 5.60 Å². The van der Waals surface area contributed by atoms with Crippen LogP contribution in [0.2, 0.25) is 18.6 Å². The summed E-state index contributed by atoms with van der Waals surface area (Å²) in [6.07, 6.45) is 18.7. The van der Waals surface area contributed by atoms with Crippen molar-refractivity contribution < 1.29 is 14.3 Å². The summed E-state index contributed by atoms with van der Waals surface area (Å²) in [5.41, 5.74) is 2.18. The van der Waals surface area contributed by atoms with Gasteiger partial charge in [-0.25, -0.2) is 0 Å². The number of rotatable bonds is 21. The van der Waals surface area contributed by atoms with Crippen LogP contribution >= 0.6 is 0 Å².